The smallest absolute Gasteiger partial charge is 0.326 e. The van der Waals surface area contributed by atoms with Gasteiger partial charge in [0.25, 0.3) is 0 Å². The van der Waals surface area contributed by atoms with Crippen molar-refractivity contribution in [3.05, 3.63) is 29.8 Å². The Bertz CT molecular complexity index is 816. The van der Waals surface area contributed by atoms with Gasteiger partial charge < -0.3 is 13.9 Å². The number of sulfonamides is 1. The number of nitrogens with one attached hydrogen (secondary N) is 1. The Balaban J connectivity index is 2.10. The molecule has 7 nitrogen and oxygen atoms in total. The van der Waals surface area contributed by atoms with E-state index in [1.807, 2.05) is 6.92 Å². The quantitative estimate of drug-likeness (QED) is 0.358. The third-order valence-electron chi connectivity index (χ3n) is 5.52. The summed E-state index contributed by atoms with van der Waals surface area (Å²) in [5.74, 6) is -0.650. The zero-order valence-corrected chi connectivity index (χ0v) is 20.1. The number of epoxide rings is 1. The number of hydrogen-bond donors (Lipinski definition) is 1. The van der Waals surface area contributed by atoms with E-state index < -0.39 is 36.5 Å². The van der Waals surface area contributed by atoms with Crippen LogP contribution in [-0.2, 0) is 28.7 Å². The lowest BCUT2D eigenvalue weighted by Gasteiger charge is -2.36. The number of carbonyl (C=O) groups excluding carboxylic acids is 1. The summed E-state index contributed by atoms with van der Waals surface area (Å²) in [7, 11) is -5.87. The van der Waals surface area contributed by atoms with E-state index in [0.29, 0.717) is 6.61 Å². The average molecular weight is 444 g/mol. The molecule has 1 aliphatic rings. The Kier molecular flexibility index (Phi) is 7.33. The van der Waals surface area contributed by atoms with Crippen LogP contribution in [0, 0.1) is 6.92 Å². The lowest BCUT2D eigenvalue weighted by Crippen LogP contribution is -2.47. The van der Waals surface area contributed by atoms with Crippen molar-refractivity contribution in [1.29, 1.82) is 0 Å². The molecule has 1 fully saturated rings. The van der Waals surface area contributed by atoms with E-state index in [-0.39, 0.29) is 22.6 Å². The van der Waals surface area contributed by atoms with Crippen molar-refractivity contribution in [2.45, 2.75) is 75.9 Å². The summed E-state index contributed by atoms with van der Waals surface area (Å²) in [4.78, 5) is 12.5. The molecule has 0 amide bonds. The maximum atomic E-state index is 12.8. The van der Waals surface area contributed by atoms with Crippen molar-refractivity contribution in [3.63, 3.8) is 0 Å². The van der Waals surface area contributed by atoms with Gasteiger partial charge in [-0.3, -0.25) is 4.79 Å². The minimum Gasteiger partial charge on any atom is -0.465 e. The fourth-order valence-corrected chi connectivity index (χ4v) is 4.73. The fraction of sp³-hybridized carbons (Fsp3) is 0.650. The second-order valence-electron chi connectivity index (χ2n) is 8.87. The molecule has 9 heteroatoms. The van der Waals surface area contributed by atoms with Crippen LogP contribution in [0.4, 0.5) is 0 Å². The van der Waals surface area contributed by atoms with E-state index in [0.717, 1.165) is 5.56 Å². The highest BCUT2D eigenvalue weighted by atomic mass is 32.2. The predicted octanol–water partition coefficient (Wildman–Crippen LogP) is 2.99. The zero-order chi connectivity index (χ0) is 22.0. The van der Waals surface area contributed by atoms with E-state index in [1.54, 1.807) is 19.1 Å². The number of esters is 1. The van der Waals surface area contributed by atoms with Crippen LogP contribution in [0.2, 0.25) is 18.1 Å². The van der Waals surface area contributed by atoms with Crippen LogP contribution in [0.5, 0.6) is 0 Å². The molecule has 1 N–H and O–H groups in total. The highest BCUT2D eigenvalue weighted by Crippen LogP contribution is 2.38. The summed E-state index contributed by atoms with van der Waals surface area (Å²) >= 11 is 0. The number of rotatable bonds is 9. The number of carbonyl (C=O) groups is 1. The molecule has 164 valence electrons. The lowest BCUT2D eigenvalue weighted by molar-refractivity contribution is -0.145. The number of benzene rings is 1. The van der Waals surface area contributed by atoms with Crippen molar-refractivity contribution >= 4 is 24.3 Å². The van der Waals surface area contributed by atoms with Crippen LogP contribution in [0.15, 0.2) is 29.2 Å². The maximum absolute atomic E-state index is 12.8. The zero-order valence-electron chi connectivity index (χ0n) is 18.3. The van der Waals surface area contributed by atoms with Crippen molar-refractivity contribution in [2.24, 2.45) is 0 Å². The standard InChI is InChI=1S/C20H33NO6SSi/c1-8-25-19(22)17(21-28(23,24)15-11-9-14(2)10-12-15)18-16(27-18)13-26-29(6,7)20(3,4)5/h9-12,16-18,21H,8,13H2,1-7H3/t16-,17-,18+/m0/s1. The SMILES string of the molecule is CCOC(=O)[C@@H](NS(=O)(=O)c1ccc(C)cc1)[C@@H]1O[C@H]1CO[Si](C)(C)C(C)(C)C. The Labute approximate surface area is 175 Å². The lowest BCUT2D eigenvalue weighted by atomic mass is 10.2. The van der Waals surface area contributed by atoms with Gasteiger partial charge in [0.05, 0.1) is 18.1 Å². The minimum atomic E-state index is -3.90. The first-order valence-corrected chi connectivity index (χ1v) is 14.2. The van der Waals surface area contributed by atoms with Crippen molar-refractivity contribution in [2.75, 3.05) is 13.2 Å². The van der Waals surface area contributed by atoms with Gasteiger partial charge in [0.1, 0.15) is 18.2 Å². The maximum Gasteiger partial charge on any atom is 0.326 e. The van der Waals surface area contributed by atoms with Crippen molar-refractivity contribution in [3.8, 4) is 0 Å². The van der Waals surface area contributed by atoms with E-state index in [2.05, 4.69) is 38.6 Å². The Morgan fingerprint density at radius 2 is 1.83 bits per heavy atom. The number of aryl methyl sites for hydroxylation is 1. The average Bonchev–Trinajstić information content (AvgIpc) is 3.37. The molecule has 1 heterocycles. The first-order chi connectivity index (χ1) is 13.3. The number of ether oxygens (including phenoxy) is 2. The van der Waals surface area contributed by atoms with E-state index >= 15 is 0 Å². The molecular weight excluding hydrogens is 410 g/mol. The summed E-state index contributed by atoms with van der Waals surface area (Å²) in [6.45, 7) is 14.7. The topological polar surface area (TPSA) is 94.2 Å². The van der Waals surface area contributed by atoms with E-state index in [9.17, 15) is 13.2 Å². The monoisotopic (exact) mass is 443 g/mol. The molecule has 0 bridgehead atoms. The van der Waals surface area contributed by atoms with Gasteiger partial charge in [-0.1, -0.05) is 38.5 Å². The molecule has 0 aliphatic carbocycles. The normalized spacial score (nSPS) is 20.9. The third-order valence-corrected chi connectivity index (χ3v) is 11.5. The van der Waals surface area contributed by atoms with Gasteiger partial charge in [0.15, 0.2) is 8.32 Å². The second kappa shape index (κ2) is 8.85. The highest BCUT2D eigenvalue weighted by molar-refractivity contribution is 7.89. The molecule has 1 aromatic rings. The molecule has 2 rings (SSSR count). The molecule has 0 unspecified atom stereocenters. The molecule has 1 aromatic carbocycles. The van der Waals surface area contributed by atoms with Gasteiger partial charge in [-0.05, 0) is 44.1 Å². The molecule has 0 saturated carbocycles. The van der Waals surface area contributed by atoms with Crippen molar-refractivity contribution < 1.29 is 27.1 Å². The van der Waals surface area contributed by atoms with Crippen LogP contribution >= 0.6 is 0 Å². The van der Waals surface area contributed by atoms with Crippen LogP contribution in [0.3, 0.4) is 0 Å². The summed E-state index contributed by atoms with van der Waals surface area (Å²) in [6, 6.07) is 5.31. The second-order valence-corrected chi connectivity index (χ2v) is 15.4. The molecule has 1 saturated heterocycles. The van der Waals surface area contributed by atoms with Gasteiger partial charge in [0.2, 0.25) is 10.0 Å². The molecule has 3 atom stereocenters. The summed E-state index contributed by atoms with van der Waals surface area (Å²) in [6.07, 6.45) is -0.960. The Morgan fingerprint density at radius 1 is 1.24 bits per heavy atom. The van der Waals surface area contributed by atoms with Gasteiger partial charge in [-0.15, -0.1) is 0 Å². The van der Waals surface area contributed by atoms with Crippen LogP contribution in [0.25, 0.3) is 0 Å². The highest BCUT2D eigenvalue weighted by Gasteiger charge is 2.51. The number of hydrogen-bond acceptors (Lipinski definition) is 6. The van der Waals surface area contributed by atoms with E-state index in [1.165, 1.54) is 12.1 Å². The third kappa shape index (κ3) is 6.11. The molecule has 29 heavy (non-hydrogen) atoms. The Hall–Kier alpha value is -1.26. The van der Waals surface area contributed by atoms with Crippen molar-refractivity contribution in [1.82, 2.24) is 4.72 Å². The largest absolute Gasteiger partial charge is 0.465 e. The van der Waals surface area contributed by atoms with Crippen LogP contribution in [0.1, 0.15) is 33.3 Å². The summed E-state index contributed by atoms with van der Waals surface area (Å²) in [5.41, 5.74) is 0.944. The molecule has 1 aliphatic heterocycles. The minimum absolute atomic E-state index is 0.0466. The van der Waals surface area contributed by atoms with Crippen LogP contribution in [-0.4, -0.2) is 54.2 Å². The summed E-state index contributed by atoms with van der Waals surface area (Å²) < 4.78 is 44.8. The van der Waals surface area contributed by atoms with Gasteiger partial charge >= 0.3 is 5.97 Å². The molecule has 0 aromatic heterocycles. The predicted molar refractivity (Wildman–Crippen MR) is 114 cm³/mol. The van der Waals surface area contributed by atoms with Gasteiger partial charge in [-0.25, -0.2) is 8.42 Å². The molecule has 0 radical (unpaired) electrons. The van der Waals surface area contributed by atoms with E-state index in [4.69, 9.17) is 13.9 Å². The molecular formula is C20H33NO6SSi. The van der Waals surface area contributed by atoms with Gasteiger partial charge in [0, 0.05) is 0 Å². The first-order valence-electron chi connectivity index (χ1n) is 9.83. The first kappa shape index (κ1) is 24.0. The molecule has 0 spiro atoms. The van der Waals surface area contributed by atoms with Crippen LogP contribution < -0.4 is 4.72 Å². The van der Waals surface area contributed by atoms with Gasteiger partial charge in [-0.2, -0.15) is 4.72 Å². The Morgan fingerprint density at radius 3 is 2.34 bits per heavy atom. The fourth-order valence-electron chi connectivity index (χ4n) is 2.52. The summed E-state index contributed by atoms with van der Waals surface area (Å²) in [5, 5.41) is 0.0466.